The Morgan fingerprint density at radius 1 is 0.933 bits per heavy atom. The first-order valence-corrected chi connectivity index (χ1v) is 5.57. The number of benzene rings is 2. The zero-order valence-electron chi connectivity index (χ0n) is 7.94. The highest BCUT2D eigenvalue weighted by molar-refractivity contribution is 9.10. The van der Waals surface area contributed by atoms with Gasteiger partial charge in [0.05, 0.1) is 5.52 Å². The van der Waals surface area contributed by atoms with Crippen LogP contribution in [0.25, 0.3) is 21.7 Å². The van der Waals surface area contributed by atoms with Gasteiger partial charge in [-0.05, 0) is 23.6 Å². The van der Waals surface area contributed by atoms with Crippen LogP contribution in [0.4, 0.5) is 0 Å². The second-order valence-corrected chi connectivity index (χ2v) is 4.42. The molecule has 0 unspecified atom stereocenters. The third-order valence-corrected chi connectivity index (χ3v) is 3.04. The fourth-order valence-electron chi connectivity index (χ4n) is 1.84. The highest BCUT2D eigenvalue weighted by atomic mass is 79.9. The van der Waals surface area contributed by atoms with Crippen LogP contribution >= 0.6 is 15.9 Å². The van der Waals surface area contributed by atoms with Crippen molar-refractivity contribution in [2.45, 2.75) is 0 Å². The SMILES string of the molecule is Brc1ccc2c(cnc3ccccc32)c1. The molecule has 2 aromatic carbocycles. The molecule has 0 bridgehead atoms. The Hall–Kier alpha value is -1.41. The minimum atomic E-state index is 1.05. The zero-order valence-corrected chi connectivity index (χ0v) is 9.53. The van der Waals surface area contributed by atoms with Crippen LogP contribution in [0, 0.1) is 0 Å². The number of pyridine rings is 1. The maximum Gasteiger partial charge on any atom is 0.0708 e. The topological polar surface area (TPSA) is 12.9 Å². The van der Waals surface area contributed by atoms with Gasteiger partial charge in [-0.1, -0.05) is 40.2 Å². The van der Waals surface area contributed by atoms with Gasteiger partial charge in [0, 0.05) is 21.4 Å². The molecule has 0 aliphatic heterocycles. The third-order valence-electron chi connectivity index (χ3n) is 2.55. The number of halogens is 1. The molecule has 72 valence electrons. The second kappa shape index (κ2) is 3.31. The van der Waals surface area contributed by atoms with Crippen LogP contribution in [0.15, 0.2) is 53.1 Å². The van der Waals surface area contributed by atoms with Crippen LogP contribution in [-0.2, 0) is 0 Å². The van der Waals surface area contributed by atoms with Crippen molar-refractivity contribution in [2.24, 2.45) is 0 Å². The smallest absolute Gasteiger partial charge is 0.0708 e. The fraction of sp³-hybridized carbons (Fsp3) is 0. The lowest BCUT2D eigenvalue weighted by atomic mass is 10.1. The molecule has 0 amide bonds. The third kappa shape index (κ3) is 1.41. The average Bonchev–Trinajstić information content (AvgIpc) is 2.28. The van der Waals surface area contributed by atoms with Gasteiger partial charge in [0.15, 0.2) is 0 Å². The van der Waals surface area contributed by atoms with Crippen molar-refractivity contribution >= 4 is 37.6 Å². The Kier molecular flexibility index (Phi) is 1.96. The number of fused-ring (bicyclic) bond motifs is 3. The van der Waals surface area contributed by atoms with E-state index in [1.807, 2.05) is 24.4 Å². The van der Waals surface area contributed by atoms with Crippen molar-refractivity contribution in [3.05, 3.63) is 53.1 Å². The first kappa shape index (κ1) is 8.86. The summed E-state index contributed by atoms with van der Waals surface area (Å²) < 4.78 is 1.09. The Bertz CT molecular complexity index is 646. The summed E-state index contributed by atoms with van der Waals surface area (Å²) >= 11 is 3.47. The summed E-state index contributed by atoms with van der Waals surface area (Å²) in [6.45, 7) is 0. The van der Waals surface area contributed by atoms with Crippen molar-refractivity contribution in [2.75, 3.05) is 0 Å². The fourth-order valence-corrected chi connectivity index (χ4v) is 2.22. The molecule has 0 saturated carbocycles. The number of aromatic nitrogens is 1. The molecule has 0 aliphatic carbocycles. The Morgan fingerprint density at radius 2 is 1.80 bits per heavy atom. The van der Waals surface area contributed by atoms with Gasteiger partial charge in [0.1, 0.15) is 0 Å². The van der Waals surface area contributed by atoms with Gasteiger partial charge in [-0.25, -0.2) is 0 Å². The van der Waals surface area contributed by atoms with Crippen LogP contribution in [0.5, 0.6) is 0 Å². The van der Waals surface area contributed by atoms with Gasteiger partial charge >= 0.3 is 0 Å². The molecule has 15 heavy (non-hydrogen) atoms. The van der Waals surface area contributed by atoms with Crippen LogP contribution in [-0.4, -0.2) is 4.98 Å². The van der Waals surface area contributed by atoms with Crippen LogP contribution in [0.1, 0.15) is 0 Å². The average molecular weight is 258 g/mol. The van der Waals surface area contributed by atoms with Crippen molar-refractivity contribution in [3.63, 3.8) is 0 Å². The van der Waals surface area contributed by atoms with E-state index in [0.717, 1.165) is 9.99 Å². The Labute approximate surface area is 95.9 Å². The molecule has 0 radical (unpaired) electrons. The normalized spacial score (nSPS) is 11.0. The van der Waals surface area contributed by atoms with Gasteiger partial charge in [-0.2, -0.15) is 0 Å². The summed E-state index contributed by atoms with van der Waals surface area (Å²) in [5.74, 6) is 0. The Morgan fingerprint density at radius 3 is 2.73 bits per heavy atom. The molecule has 0 atom stereocenters. The van der Waals surface area contributed by atoms with Crippen LogP contribution < -0.4 is 0 Å². The zero-order chi connectivity index (χ0) is 10.3. The lowest BCUT2D eigenvalue weighted by Crippen LogP contribution is -1.81. The molecule has 2 heteroatoms. The maximum atomic E-state index is 4.43. The number of rotatable bonds is 0. The van der Waals surface area contributed by atoms with Crippen molar-refractivity contribution in [3.8, 4) is 0 Å². The van der Waals surface area contributed by atoms with Gasteiger partial charge in [-0.3, -0.25) is 4.98 Å². The molecule has 0 fully saturated rings. The molecule has 1 heterocycles. The van der Waals surface area contributed by atoms with Gasteiger partial charge < -0.3 is 0 Å². The highest BCUT2D eigenvalue weighted by Crippen LogP contribution is 2.25. The van der Waals surface area contributed by atoms with E-state index in [2.05, 4.69) is 45.2 Å². The molecule has 1 nitrogen and oxygen atoms in total. The van der Waals surface area contributed by atoms with Crippen molar-refractivity contribution in [1.82, 2.24) is 4.98 Å². The quantitative estimate of drug-likeness (QED) is 0.552. The molecule has 0 saturated heterocycles. The van der Waals surface area contributed by atoms with Gasteiger partial charge in [-0.15, -0.1) is 0 Å². The molecule has 3 aromatic rings. The largest absolute Gasteiger partial charge is 0.256 e. The molecule has 1 aromatic heterocycles. The first-order chi connectivity index (χ1) is 7.34. The van der Waals surface area contributed by atoms with E-state index in [4.69, 9.17) is 0 Å². The predicted molar refractivity (Wildman–Crippen MR) is 66.9 cm³/mol. The highest BCUT2D eigenvalue weighted by Gasteiger charge is 2.00. The summed E-state index contributed by atoms with van der Waals surface area (Å²) in [5.41, 5.74) is 1.05. The first-order valence-electron chi connectivity index (χ1n) is 4.77. The lowest BCUT2D eigenvalue weighted by Gasteiger charge is -2.02. The standard InChI is InChI=1S/C13H8BrN/c14-10-5-6-11-9(7-10)8-15-13-4-2-1-3-12(11)13/h1-8H. The van der Waals surface area contributed by atoms with Gasteiger partial charge in [0.2, 0.25) is 0 Å². The van der Waals surface area contributed by atoms with Crippen LogP contribution in [0.3, 0.4) is 0 Å². The van der Waals surface area contributed by atoms with Crippen molar-refractivity contribution in [1.29, 1.82) is 0 Å². The molecule has 0 spiro atoms. The van der Waals surface area contributed by atoms with E-state index < -0.39 is 0 Å². The minimum Gasteiger partial charge on any atom is -0.256 e. The van der Waals surface area contributed by atoms with Crippen molar-refractivity contribution < 1.29 is 0 Å². The molecule has 0 N–H and O–H groups in total. The van der Waals surface area contributed by atoms with E-state index in [1.165, 1.54) is 16.2 Å². The predicted octanol–water partition coefficient (Wildman–Crippen LogP) is 4.15. The van der Waals surface area contributed by atoms with Crippen LogP contribution in [0.2, 0.25) is 0 Å². The van der Waals surface area contributed by atoms with Gasteiger partial charge in [0.25, 0.3) is 0 Å². The summed E-state index contributed by atoms with van der Waals surface area (Å²) in [4.78, 5) is 4.43. The summed E-state index contributed by atoms with van der Waals surface area (Å²) in [5, 5.41) is 3.63. The lowest BCUT2D eigenvalue weighted by molar-refractivity contribution is 1.44. The van der Waals surface area contributed by atoms with E-state index in [0.29, 0.717) is 0 Å². The van der Waals surface area contributed by atoms with E-state index in [1.54, 1.807) is 0 Å². The van der Waals surface area contributed by atoms with E-state index >= 15 is 0 Å². The maximum absolute atomic E-state index is 4.43. The number of nitrogens with zero attached hydrogens (tertiary/aromatic N) is 1. The summed E-state index contributed by atoms with van der Waals surface area (Å²) in [6.07, 6.45) is 1.92. The van der Waals surface area contributed by atoms with E-state index in [-0.39, 0.29) is 0 Å². The Balaban J connectivity index is 2.55. The molecular formula is C13H8BrN. The monoisotopic (exact) mass is 257 g/mol. The second-order valence-electron chi connectivity index (χ2n) is 3.51. The molecular weight excluding hydrogens is 250 g/mol. The van der Waals surface area contributed by atoms with E-state index in [9.17, 15) is 0 Å². The number of hydrogen-bond acceptors (Lipinski definition) is 1. The molecule has 0 aliphatic rings. The number of hydrogen-bond donors (Lipinski definition) is 0. The summed E-state index contributed by atoms with van der Waals surface area (Å²) in [6, 6.07) is 14.5. The number of para-hydroxylation sites is 1. The summed E-state index contributed by atoms with van der Waals surface area (Å²) in [7, 11) is 0. The minimum absolute atomic E-state index is 1.05. The molecule has 3 rings (SSSR count).